The van der Waals surface area contributed by atoms with Gasteiger partial charge in [-0.15, -0.1) is 11.8 Å². The van der Waals surface area contributed by atoms with Crippen molar-refractivity contribution in [3.63, 3.8) is 0 Å². The number of nitrogens with zero attached hydrogens (tertiary/aromatic N) is 1. The number of fused-ring (bicyclic) bond motifs is 1. The van der Waals surface area contributed by atoms with Gasteiger partial charge in [0.15, 0.2) is 0 Å². The molecule has 0 aliphatic carbocycles. The fourth-order valence-corrected chi connectivity index (χ4v) is 4.78. The Labute approximate surface area is 159 Å². The molecule has 4 nitrogen and oxygen atoms in total. The first-order valence-corrected chi connectivity index (χ1v) is 10.8. The molecule has 6 heteroatoms. The maximum absolute atomic E-state index is 12.7. The predicted molar refractivity (Wildman–Crippen MR) is 109 cm³/mol. The fourth-order valence-electron chi connectivity index (χ4n) is 2.72. The second-order valence-corrected chi connectivity index (χ2v) is 9.78. The van der Waals surface area contributed by atoms with Gasteiger partial charge in [0.2, 0.25) is 11.8 Å². The standard InChI is InChI=1S/C19H28N2O2S2/c1-4-11-24-12-7-10-20-17(22)14-21-15-8-5-6-9-16(15)25-19(2,3)13-18(21)23/h5-6,8-9H,4,7,10-14H2,1-3H3,(H,20,22). The number of amides is 2. The monoisotopic (exact) mass is 380 g/mol. The van der Waals surface area contributed by atoms with E-state index in [0.717, 1.165) is 22.8 Å². The molecule has 0 unspecified atom stereocenters. The average Bonchev–Trinajstić information content (AvgIpc) is 2.64. The first kappa shape index (κ1) is 20.2. The molecule has 0 fully saturated rings. The molecule has 1 aliphatic heterocycles. The van der Waals surface area contributed by atoms with E-state index in [2.05, 4.69) is 26.1 Å². The normalized spacial score (nSPS) is 16.3. The van der Waals surface area contributed by atoms with E-state index in [-0.39, 0.29) is 23.1 Å². The zero-order valence-electron chi connectivity index (χ0n) is 15.3. The van der Waals surface area contributed by atoms with Gasteiger partial charge in [-0.25, -0.2) is 0 Å². The predicted octanol–water partition coefficient (Wildman–Crippen LogP) is 3.94. The third-order valence-corrected chi connectivity index (χ3v) is 6.39. The molecule has 0 spiro atoms. The lowest BCUT2D eigenvalue weighted by Crippen LogP contribution is -2.42. The quantitative estimate of drug-likeness (QED) is 0.694. The topological polar surface area (TPSA) is 49.4 Å². The zero-order chi connectivity index (χ0) is 18.3. The molecule has 0 aromatic heterocycles. The van der Waals surface area contributed by atoms with E-state index < -0.39 is 0 Å². The number of para-hydroxylation sites is 1. The summed E-state index contributed by atoms with van der Waals surface area (Å²) >= 11 is 3.62. The number of carbonyl (C=O) groups excluding carboxylic acids is 2. The van der Waals surface area contributed by atoms with E-state index in [1.54, 1.807) is 16.7 Å². The van der Waals surface area contributed by atoms with Crippen LogP contribution < -0.4 is 10.2 Å². The van der Waals surface area contributed by atoms with Crippen LogP contribution in [0.25, 0.3) is 0 Å². The van der Waals surface area contributed by atoms with E-state index in [9.17, 15) is 9.59 Å². The van der Waals surface area contributed by atoms with Crippen molar-refractivity contribution < 1.29 is 9.59 Å². The van der Waals surface area contributed by atoms with Crippen molar-refractivity contribution in [3.8, 4) is 0 Å². The lowest BCUT2D eigenvalue weighted by atomic mass is 10.1. The number of anilines is 1. The first-order valence-electron chi connectivity index (χ1n) is 8.86. The van der Waals surface area contributed by atoms with E-state index in [1.807, 2.05) is 36.0 Å². The van der Waals surface area contributed by atoms with Crippen LogP contribution in [0.2, 0.25) is 0 Å². The third kappa shape index (κ3) is 6.26. The Hall–Kier alpha value is -1.14. The summed E-state index contributed by atoms with van der Waals surface area (Å²) in [7, 11) is 0. The maximum Gasteiger partial charge on any atom is 0.240 e. The van der Waals surface area contributed by atoms with Gasteiger partial charge in [-0.3, -0.25) is 9.59 Å². The summed E-state index contributed by atoms with van der Waals surface area (Å²) in [6.07, 6.45) is 2.57. The summed E-state index contributed by atoms with van der Waals surface area (Å²) in [6.45, 7) is 7.08. The molecule has 1 N–H and O–H groups in total. The molecular weight excluding hydrogens is 352 g/mol. The van der Waals surface area contributed by atoms with Crippen molar-refractivity contribution >= 4 is 41.0 Å². The molecule has 0 bridgehead atoms. The summed E-state index contributed by atoms with van der Waals surface area (Å²) < 4.78 is -0.172. The maximum atomic E-state index is 12.7. The van der Waals surface area contributed by atoms with Crippen LogP contribution in [0.4, 0.5) is 5.69 Å². The molecule has 25 heavy (non-hydrogen) atoms. The second-order valence-electron chi connectivity index (χ2n) is 6.80. The minimum atomic E-state index is -0.172. The van der Waals surface area contributed by atoms with Crippen LogP contribution in [0.5, 0.6) is 0 Å². The van der Waals surface area contributed by atoms with Gasteiger partial charge < -0.3 is 10.2 Å². The average molecular weight is 381 g/mol. The highest BCUT2D eigenvalue weighted by molar-refractivity contribution is 8.00. The smallest absolute Gasteiger partial charge is 0.240 e. The molecule has 0 saturated heterocycles. The van der Waals surface area contributed by atoms with Crippen LogP contribution in [-0.4, -0.2) is 41.2 Å². The van der Waals surface area contributed by atoms with E-state index in [4.69, 9.17) is 0 Å². The summed E-state index contributed by atoms with van der Waals surface area (Å²) in [5.41, 5.74) is 0.844. The largest absolute Gasteiger partial charge is 0.355 e. The Morgan fingerprint density at radius 3 is 2.84 bits per heavy atom. The lowest BCUT2D eigenvalue weighted by molar-refractivity contribution is -0.124. The molecule has 0 atom stereocenters. The van der Waals surface area contributed by atoms with Crippen LogP contribution in [0.3, 0.4) is 0 Å². The fraction of sp³-hybridized carbons (Fsp3) is 0.579. The number of rotatable bonds is 8. The van der Waals surface area contributed by atoms with Crippen molar-refractivity contribution in [3.05, 3.63) is 24.3 Å². The molecule has 138 valence electrons. The van der Waals surface area contributed by atoms with Crippen molar-refractivity contribution in [1.29, 1.82) is 0 Å². The summed E-state index contributed by atoms with van der Waals surface area (Å²) in [4.78, 5) is 27.7. The Kier molecular flexibility index (Phi) is 7.69. The molecule has 1 aliphatic rings. The van der Waals surface area contributed by atoms with Gasteiger partial charge in [0, 0.05) is 22.6 Å². The highest BCUT2D eigenvalue weighted by Gasteiger charge is 2.33. The SMILES string of the molecule is CCCSCCCNC(=O)CN1C(=O)CC(C)(C)Sc2ccccc21. The number of hydrogen-bond acceptors (Lipinski definition) is 4. The molecule has 2 amide bonds. The number of benzene rings is 1. The van der Waals surface area contributed by atoms with Crippen LogP contribution >= 0.6 is 23.5 Å². The van der Waals surface area contributed by atoms with Crippen LogP contribution in [-0.2, 0) is 9.59 Å². The van der Waals surface area contributed by atoms with Gasteiger partial charge in [-0.1, -0.05) is 19.1 Å². The summed E-state index contributed by atoms with van der Waals surface area (Å²) in [5, 5.41) is 2.95. The van der Waals surface area contributed by atoms with Crippen LogP contribution in [0, 0.1) is 0 Å². The summed E-state index contributed by atoms with van der Waals surface area (Å²) in [5.74, 6) is 2.15. The minimum Gasteiger partial charge on any atom is -0.355 e. The molecule has 1 aromatic rings. The number of hydrogen-bond donors (Lipinski definition) is 1. The van der Waals surface area contributed by atoms with Gasteiger partial charge >= 0.3 is 0 Å². The van der Waals surface area contributed by atoms with Crippen molar-refractivity contribution in [2.24, 2.45) is 0 Å². The van der Waals surface area contributed by atoms with Crippen molar-refractivity contribution in [2.75, 3.05) is 29.5 Å². The number of thioether (sulfide) groups is 2. The zero-order valence-corrected chi connectivity index (χ0v) is 17.0. The minimum absolute atomic E-state index is 0.0103. The lowest BCUT2D eigenvalue weighted by Gasteiger charge is -2.22. The first-order chi connectivity index (χ1) is 11.9. The Balaban J connectivity index is 1.96. The van der Waals surface area contributed by atoms with E-state index in [0.29, 0.717) is 13.0 Å². The van der Waals surface area contributed by atoms with Gasteiger partial charge in [-0.05, 0) is 50.3 Å². The van der Waals surface area contributed by atoms with Crippen molar-refractivity contribution in [2.45, 2.75) is 49.7 Å². The third-order valence-electron chi connectivity index (χ3n) is 3.86. The molecular formula is C19H28N2O2S2. The van der Waals surface area contributed by atoms with E-state index >= 15 is 0 Å². The molecule has 0 saturated carbocycles. The van der Waals surface area contributed by atoms with E-state index in [1.165, 1.54) is 12.2 Å². The Bertz CT molecular complexity index is 605. The summed E-state index contributed by atoms with van der Waals surface area (Å²) in [6, 6.07) is 7.84. The number of carbonyl (C=O) groups is 2. The van der Waals surface area contributed by atoms with Gasteiger partial charge in [0.25, 0.3) is 0 Å². The molecule has 1 aromatic carbocycles. The number of nitrogens with one attached hydrogen (secondary N) is 1. The molecule has 2 rings (SSSR count). The molecule has 0 radical (unpaired) electrons. The second kappa shape index (κ2) is 9.53. The van der Waals surface area contributed by atoms with Crippen molar-refractivity contribution in [1.82, 2.24) is 5.32 Å². The van der Waals surface area contributed by atoms with Crippen LogP contribution in [0.1, 0.15) is 40.0 Å². The van der Waals surface area contributed by atoms with Gasteiger partial charge in [-0.2, -0.15) is 11.8 Å². The Morgan fingerprint density at radius 2 is 2.08 bits per heavy atom. The van der Waals surface area contributed by atoms with Gasteiger partial charge in [0.05, 0.1) is 5.69 Å². The Morgan fingerprint density at radius 1 is 1.32 bits per heavy atom. The highest BCUT2D eigenvalue weighted by atomic mass is 32.2. The van der Waals surface area contributed by atoms with Crippen LogP contribution in [0.15, 0.2) is 29.2 Å². The highest BCUT2D eigenvalue weighted by Crippen LogP contribution is 2.43. The van der Waals surface area contributed by atoms with Gasteiger partial charge in [0.1, 0.15) is 6.54 Å². The molecule has 1 heterocycles.